The molecule has 0 saturated carbocycles. The van der Waals surface area contributed by atoms with E-state index in [0.29, 0.717) is 12.3 Å². The first-order chi connectivity index (χ1) is 5.22. The van der Waals surface area contributed by atoms with Crippen molar-refractivity contribution in [2.24, 2.45) is 0 Å². The first kappa shape index (κ1) is 11.2. The molecule has 0 spiro atoms. The second-order valence-electron chi connectivity index (χ2n) is 2.50. The van der Waals surface area contributed by atoms with Crippen LogP contribution in [0.1, 0.15) is 19.3 Å². The first-order valence-corrected chi connectivity index (χ1v) is 4.28. The Labute approximate surface area is 71.6 Å². The van der Waals surface area contributed by atoms with Gasteiger partial charge in [0.15, 0.2) is 0 Å². The van der Waals surface area contributed by atoms with Crippen LogP contribution in [0.5, 0.6) is 0 Å². The normalized spacial score (nSPS) is 16.4. The zero-order chi connectivity index (χ0) is 8.69. The van der Waals surface area contributed by atoms with E-state index in [4.69, 9.17) is 26.9 Å². The van der Waals surface area contributed by atoms with Crippen LogP contribution in [-0.4, -0.2) is 40.0 Å². The van der Waals surface area contributed by atoms with E-state index >= 15 is 0 Å². The lowest BCUT2D eigenvalue weighted by molar-refractivity contribution is -0.0183. The van der Waals surface area contributed by atoms with Crippen LogP contribution in [0.15, 0.2) is 0 Å². The summed E-state index contributed by atoms with van der Waals surface area (Å²) in [6, 6.07) is 0. The van der Waals surface area contributed by atoms with E-state index in [1.54, 1.807) is 0 Å². The summed E-state index contributed by atoms with van der Waals surface area (Å²) in [6.45, 7) is -0.387. The lowest BCUT2D eigenvalue weighted by atomic mass is 10.1. The SMILES string of the molecule is OCC(O)C(O)CCCCCl. The summed E-state index contributed by atoms with van der Waals surface area (Å²) < 4.78 is 0. The highest BCUT2D eigenvalue weighted by molar-refractivity contribution is 6.17. The van der Waals surface area contributed by atoms with Gasteiger partial charge < -0.3 is 15.3 Å². The van der Waals surface area contributed by atoms with Crippen molar-refractivity contribution in [3.63, 3.8) is 0 Å². The Kier molecular flexibility index (Phi) is 6.96. The largest absolute Gasteiger partial charge is 0.394 e. The summed E-state index contributed by atoms with van der Waals surface area (Å²) in [4.78, 5) is 0. The van der Waals surface area contributed by atoms with E-state index in [0.717, 1.165) is 12.8 Å². The summed E-state index contributed by atoms with van der Waals surface area (Å²) in [6.07, 6.45) is 0.279. The topological polar surface area (TPSA) is 60.7 Å². The van der Waals surface area contributed by atoms with Crippen molar-refractivity contribution in [2.75, 3.05) is 12.5 Å². The van der Waals surface area contributed by atoms with Crippen molar-refractivity contribution in [3.05, 3.63) is 0 Å². The fourth-order valence-corrected chi connectivity index (χ4v) is 0.951. The van der Waals surface area contributed by atoms with Crippen LogP contribution < -0.4 is 0 Å². The number of aliphatic hydroxyl groups is 3. The minimum Gasteiger partial charge on any atom is -0.394 e. The van der Waals surface area contributed by atoms with Crippen molar-refractivity contribution in [2.45, 2.75) is 31.5 Å². The lowest BCUT2D eigenvalue weighted by Crippen LogP contribution is -2.29. The van der Waals surface area contributed by atoms with Crippen LogP contribution in [-0.2, 0) is 0 Å². The van der Waals surface area contributed by atoms with Crippen LogP contribution >= 0.6 is 11.6 Å². The van der Waals surface area contributed by atoms with Gasteiger partial charge in [-0.05, 0) is 19.3 Å². The van der Waals surface area contributed by atoms with Gasteiger partial charge in [-0.2, -0.15) is 0 Å². The molecule has 11 heavy (non-hydrogen) atoms. The van der Waals surface area contributed by atoms with E-state index < -0.39 is 12.2 Å². The number of unbranched alkanes of at least 4 members (excludes halogenated alkanes) is 1. The van der Waals surface area contributed by atoms with Crippen LogP contribution in [0, 0.1) is 0 Å². The average molecular weight is 183 g/mol. The van der Waals surface area contributed by atoms with E-state index in [9.17, 15) is 0 Å². The molecule has 68 valence electrons. The van der Waals surface area contributed by atoms with E-state index in [1.807, 2.05) is 0 Å². The van der Waals surface area contributed by atoms with Crippen molar-refractivity contribution >= 4 is 11.6 Å². The number of alkyl halides is 1. The standard InChI is InChI=1S/C7H15ClO3/c8-4-2-1-3-6(10)7(11)5-9/h6-7,9-11H,1-5H2. The van der Waals surface area contributed by atoms with E-state index in [-0.39, 0.29) is 6.61 Å². The van der Waals surface area contributed by atoms with E-state index in [2.05, 4.69) is 0 Å². The number of rotatable bonds is 6. The van der Waals surface area contributed by atoms with Crippen LogP contribution in [0.3, 0.4) is 0 Å². The van der Waals surface area contributed by atoms with Gasteiger partial charge in [-0.3, -0.25) is 0 Å². The van der Waals surface area contributed by atoms with Gasteiger partial charge in [-0.1, -0.05) is 0 Å². The zero-order valence-corrected chi connectivity index (χ0v) is 7.17. The van der Waals surface area contributed by atoms with Crippen molar-refractivity contribution in [3.8, 4) is 0 Å². The Morgan fingerprint density at radius 2 is 1.73 bits per heavy atom. The minimum absolute atomic E-state index is 0.387. The van der Waals surface area contributed by atoms with Gasteiger partial charge in [-0.25, -0.2) is 0 Å². The highest BCUT2D eigenvalue weighted by atomic mass is 35.5. The molecule has 3 N–H and O–H groups in total. The molecular weight excluding hydrogens is 168 g/mol. The van der Waals surface area contributed by atoms with Crippen molar-refractivity contribution < 1.29 is 15.3 Å². The first-order valence-electron chi connectivity index (χ1n) is 3.75. The second-order valence-corrected chi connectivity index (χ2v) is 2.88. The molecule has 2 unspecified atom stereocenters. The molecule has 0 aromatic rings. The molecule has 2 atom stereocenters. The summed E-state index contributed by atoms with van der Waals surface area (Å²) >= 11 is 5.40. The maximum absolute atomic E-state index is 9.09. The fourth-order valence-electron chi connectivity index (χ4n) is 0.762. The summed E-state index contributed by atoms with van der Waals surface area (Å²) in [5, 5.41) is 26.4. The minimum atomic E-state index is -1.01. The molecule has 0 aliphatic carbocycles. The number of hydrogen-bond acceptors (Lipinski definition) is 3. The Morgan fingerprint density at radius 3 is 2.18 bits per heavy atom. The molecule has 0 aliphatic heterocycles. The Hall–Kier alpha value is 0.170. The molecular formula is C7H15ClO3. The Morgan fingerprint density at radius 1 is 1.09 bits per heavy atom. The lowest BCUT2D eigenvalue weighted by Gasteiger charge is -2.14. The van der Waals surface area contributed by atoms with Crippen LogP contribution in [0.2, 0.25) is 0 Å². The summed E-state index contributed by atoms with van der Waals surface area (Å²) in [5.74, 6) is 0.571. The maximum atomic E-state index is 9.09. The summed E-state index contributed by atoms with van der Waals surface area (Å²) in [5.41, 5.74) is 0. The smallest absolute Gasteiger partial charge is 0.103 e. The summed E-state index contributed by atoms with van der Waals surface area (Å²) in [7, 11) is 0. The third kappa shape index (κ3) is 5.44. The molecule has 0 bridgehead atoms. The molecule has 0 fully saturated rings. The van der Waals surface area contributed by atoms with Gasteiger partial charge in [0.2, 0.25) is 0 Å². The molecule has 4 heteroatoms. The van der Waals surface area contributed by atoms with Gasteiger partial charge in [0.05, 0.1) is 12.7 Å². The average Bonchev–Trinajstić information content (AvgIpc) is 2.03. The predicted octanol–water partition coefficient (Wildman–Crippen LogP) is 0.110. The quantitative estimate of drug-likeness (QED) is 0.404. The molecule has 0 aromatic carbocycles. The maximum Gasteiger partial charge on any atom is 0.103 e. The van der Waals surface area contributed by atoms with Gasteiger partial charge in [0, 0.05) is 5.88 Å². The van der Waals surface area contributed by atoms with Crippen LogP contribution in [0.4, 0.5) is 0 Å². The molecule has 0 rings (SSSR count). The third-order valence-corrected chi connectivity index (χ3v) is 1.78. The fraction of sp³-hybridized carbons (Fsp3) is 1.00. The number of halogens is 1. The molecule has 0 aromatic heterocycles. The van der Waals surface area contributed by atoms with Gasteiger partial charge in [-0.15, -0.1) is 11.6 Å². The monoisotopic (exact) mass is 182 g/mol. The molecule has 0 amide bonds. The van der Waals surface area contributed by atoms with Gasteiger partial charge in [0.1, 0.15) is 6.10 Å². The third-order valence-electron chi connectivity index (χ3n) is 1.51. The van der Waals surface area contributed by atoms with Gasteiger partial charge in [0.25, 0.3) is 0 Å². The van der Waals surface area contributed by atoms with Crippen LogP contribution in [0.25, 0.3) is 0 Å². The predicted molar refractivity (Wildman–Crippen MR) is 43.7 cm³/mol. The number of hydrogen-bond donors (Lipinski definition) is 3. The van der Waals surface area contributed by atoms with Crippen molar-refractivity contribution in [1.82, 2.24) is 0 Å². The van der Waals surface area contributed by atoms with Gasteiger partial charge >= 0.3 is 0 Å². The highest BCUT2D eigenvalue weighted by Gasteiger charge is 2.13. The molecule has 0 radical (unpaired) electrons. The second kappa shape index (κ2) is 6.85. The molecule has 3 nitrogen and oxygen atoms in total. The number of aliphatic hydroxyl groups excluding tert-OH is 3. The highest BCUT2D eigenvalue weighted by Crippen LogP contribution is 2.05. The molecule has 0 heterocycles. The Bertz CT molecular complexity index is 89.8. The Balaban J connectivity index is 3.28. The molecule has 0 aliphatic rings. The van der Waals surface area contributed by atoms with E-state index in [1.165, 1.54) is 0 Å². The zero-order valence-electron chi connectivity index (χ0n) is 6.41. The van der Waals surface area contributed by atoms with Crippen molar-refractivity contribution in [1.29, 1.82) is 0 Å². The molecule has 0 saturated heterocycles.